The van der Waals surface area contributed by atoms with Crippen LogP contribution in [0.25, 0.3) is 0 Å². The zero-order valence-electron chi connectivity index (χ0n) is 17.0. The lowest BCUT2D eigenvalue weighted by atomic mass is 10.1. The van der Waals surface area contributed by atoms with E-state index in [-0.39, 0.29) is 35.8 Å². The van der Waals surface area contributed by atoms with E-state index < -0.39 is 5.91 Å². The quantitative estimate of drug-likeness (QED) is 0.710. The van der Waals surface area contributed by atoms with E-state index in [4.69, 9.17) is 0 Å². The van der Waals surface area contributed by atoms with E-state index in [1.54, 1.807) is 12.1 Å². The fourth-order valence-electron chi connectivity index (χ4n) is 3.33. The van der Waals surface area contributed by atoms with Crippen molar-refractivity contribution in [2.45, 2.75) is 33.7 Å². The minimum absolute atomic E-state index is 0. The van der Waals surface area contributed by atoms with Crippen LogP contribution in [0.5, 0.6) is 0 Å². The predicted molar refractivity (Wildman–Crippen MR) is 116 cm³/mol. The van der Waals surface area contributed by atoms with Crippen molar-refractivity contribution in [3.63, 3.8) is 0 Å². The van der Waals surface area contributed by atoms with Gasteiger partial charge in [0.15, 0.2) is 0 Å². The maximum Gasteiger partial charge on any atom is 0.266 e. The van der Waals surface area contributed by atoms with Gasteiger partial charge in [-0.2, -0.15) is 0 Å². The van der Waals surface area contributed by atoms with Crippen LogP contribution in [0.4, 0.5) is 5.69 Å². The summed E-state index contributed by atoms with van der Waals surface area (Å²) >= 11 is 0. The van der Waals surface area contributed by atoms with Crippen molar-refractivity contribution in [1.29, 1.82) is 0 Å². The number of nitrogens with one attached hydrogen (secondary N) is 2. The number of rotatable bonds is 6. The van der Waals surface area contributed by atoms with Gasteiger partial charge in [0.25, 0.3) is 17.7 Å². The summed E-state index contributed by atoms with van der Waals surface area (Å²) in [7, 11) is 0. The van der Waals surface area contributed by atoms with Gasteiger partial charge in [-0.25, -0.2) is 4.90 Å². The highest BCUT2D eigenvalue weighted by atomic mass is 35.5. The summed E-state index contributed by atoms with van der Waals surface area (Å²) in [5, 5.41) is 6.07. The van der Waals surface area contributed by atoms with Gasteiger partial charge in [-0.15, -0.1) is 12.4 Å². The van der Waals surface area contributed by atoms with E-state index in [0.717, 1.165) is 17.7 Å². The molecule has 2 N–H and O–H groups in total. The van der Waals surface area contributed by atoms with Gasteiger partial charge in [-0.3, -0.25) is 14.4 Å². The van der Waals surface area contributed by atoms with Crippen molar-refractivity contribution in [2.75, 3.05) is 18.0 Å². The number of amides is 3. The Morgan fingerprint density at radius 3 is 2.41 bits per heavy atom. The van der Waals surface area contributed by atoms with E-state index in [0.29, 0.717) is 23.4 Å². The third kappa shape index (κ3) is 4.49. The zero-order valence-corrected chi connectivity index (χ0v) is 17.9. The minimum Gasteiger partial charge on any atom is -0.350 e. The highest BCUT2D eigenvalue weighted by Gasteiger charge is 2.37. The molecule has 6 nitrogen and oxygen atoms in total. The van der Waals surface area contributed by atoms with Gasteiger partial charge in [-0.1, -0.05) is 19.1 Å². The van der Waals surface area contributed by atoms with Crippen LogP contribution >= 0.6 is 12.4 Å². The molecular weight excluding hydrogens is 390 g/mol. The second-order valence-electron chi connectivity index (χ2n) is 7.16. The van der Waals surface area contributed by atoms with Gasteiger partial charge in [0.1, 0.15) is 0 Å². The predicted octanol–water partition coefficient (Wildman–Crippen LogP) is 3.25. The molecule has 1 aliphatic rings. The summed E-state index contributed by atoms with van der Waals surface area (Å²) in [4.78, 5) is 39.4. The van der Waals surface area contributed by atoms with Crippen LogP contribution in [-0.2, 0) is 0 Å². The van der Waals surface area contributed by atoms with E-state index in [1.807, 2.05) is 45.9 Å². The Hall–Kier alpha value is -2.70. The maximum absolute atomic E-state index is 13.0. The average molecular weight is 416 g/mol. The molecule has 3 rings (SSSR count). The van der Waals surface area contributed by atoms with Crippen molar-refractivity contribution in [3.8, 4) is 0 Å². The topological polar surface area (TPSA) is 78.5 Å². The highest BCUT2D eigenvalue weighted by Crippen LogP contribution is 2.31. The molecular formula is C22H26ClN3O3. The molecule has 1 heterocycles. The van der Waals surface area contributed by atoms with Crippen LogP contribution in [-0.4, -0.2) is 36.9 Å². The number of hydrogen-bond donors (Lipinski definition) is 2. The number of hydrogen-bond acceptors (Lipinski definition) is 4. The summed E-state index contributed by atoms with van der Waals surface area (Å²) in [6.07, 6.45) is 0. The van der Waals surface area contributed by atoms with Crippen LogP contribution in [0.2, 0.25) is 0 Å². The van der Waals surface area contributed by atoms with Crippen molar-refractivity contribution in [1.82, 2.24) is 10.6 Å². The van der Waals surface area contributed by atoms with Gasteiger partial charge in [0.05, 0.1) is 16.8 Å². The van der Waals surface area contributed by atoms with Crippen LogP contribution < -0.4 is 15.5 Å². The fraction of sp³-hybridized carbons (Fsp3) is 0.318. The van der Waals surface area contributed by atoms with Crippen LogP contribution in [0.1, 0.15) is 56.0 Å². The molecule has 0 saturated carbocycles. The van der Waals surface area contributed by atoms with Crippen LogP contribution in [0.15, 0.2) is 36.4 Å². The van der Waals surface area contributed by atoms with Gasteiger partial charge in [-0.05, 0) is 62.7 Å². The number of fused-ring (bicyclic) bond motifs is 1. The third-order valence-electron chi connectivity index (χ3n) is 4.88. The second-order valence-corrected chi connectivity index (χ2v) is 7.16. The summed E-state index contributed by atoms with van der Waals surface area (Å²) < 4.78 is 0. The molecule has 0 saturated heterocycles. The number of likely N-dealkylation sites (N-methyl/N-ethyl adjacent to an activating group) is 1. The molecule has 1 aliphatic heterocycles. The third-order valence-corrected chi connectivity index (χ3v) is 4.88. The number of anilines is 1. The number of benzene rings is 2. The average Bonchev–Trinajstić information content (AvgIpc) is 2.92. The van der Waals surface area contributed by atoms with Crippen LogP contribution in [0.3, 0.4) is 0 Å². The summed E-state index contributed by atoms with van der Waals surface area (Å²) in [5.41, 5.74) is 3.34. The molecule has 0 fully saturated rings. The molecule has 0 spiro atoms. The standard InChI is InChI=1S/C22H25N3O3.ClH/c1-5-23-15(4)12-24-20(26)16-8-9-17-18(11-16)22(28)25(21(17)27)19-10-13(2)6-7-14(19)3;/h6-11,15,23H,5,12H2,1-4H3,(H,24,26);1H/t15-;/m1./s1. The monoisotopic (exact) mass is 415 g/mol. The van der Waals surface area contributed by atoms with E-state index in [9.17, 15) is 14.4 Å². The Kier molecular flexibility index (Phi) is 7.16. The van der Waals surface area contributed by atoms with Gasteiger partial charge < -0.3 is 10.6 Å². The Morgan fingerprint density at radius 1 is 1.03 bits per heavy atom. The second kappa shape index (κ2) is 9.20. The molecule has 0 unspecified atom stereocenters. The molecule has 0 radical (unpaired) electrons. The van der Waals surface area contributed by atoms with E-state index in [1.165, 1.54) is 11.0 Å². The lowest BCUT2D eigenvalue weighted by Crippen LogP contribution is -2.38. The van der Waals surface area contributed by atoms with Crippen molar-refractivity contribution >= 4 is 35.8 Å². The molecule has 2 aromatic rings. The number of halogens is 1. The first-order valence-corrected chi connectivity index (χ1v) is 9.45. The Labute approximate surface area is 177 Å². The smallest absolute Gasteiger partial charge is 0.266 e. The molecule has 3 amide bonds. The first-order chi connectivity index (χ1) is 13.3. The molecule has 7 heteroatoms. The number of carbonyl (C=O) groups is 3. The minimum atomic E-state index is -0.399. The molecule has 0 aromatic heterocycles. The molecule has 1 atom stereocenters. The molecule has 154 valence electrons. The first-order valence-electron chi connectivity index (χ1n) is 9.45. The van der Waals surface area contributed by atoms with Crippen molar-refractivity contribution in [3.05, 3.63) is 64.2 Å². The number of nitrogens with zero attached hydrogens (tertiary/aromatic N) is 1. The first kappa shape index (κ1) is 22.6. The van der Waals surface area contributed by atoms with Crippen molar-refractivity contribution < 1.29 is 14.4 Å². The van der Waals surface area contributed by atoms with Crippen molar-refractivity contribution in [2.24, 2.45) is 0 Å². The van der Waals surface area contributed by atoms with E-state index >= 15 is 0 Å². The summed E-state index contributed by atoms with van der Waals surface area (Å²) in [5.74, 6) is -1.02. The summed E-state index contributed by atoms with van der Waals surface area (Å²) in [6.45, 7) is 9.06. The van der Waals surface area contributed by atoms with Crippen LogP contribution in [0, 0.1) is 13.8 Å². The normalized spacial score (nSPS) is 13.7. The molecule has 0 aliphatic carbocycles. The summed E-state index contributed by atoms with van der Waals surface area (Å²) in [6, 6.07) is 10.5. The van der Waals surface area contributed by atoms with Gasteiger partial charge in [0.2, 0.25) is 0 Å². The lowest BCUT2D eigenvalue weighted by Gasteiger charge is -2.17. The highest BCUT2D eigenvalue weighted by molar-refractivity contribution is 6.35. The zero-order chi connectivity index (χ0) is 20.4. The Morgan fingerprint density at radius 2 is 1.72 bits per heavy atom. The molecule has 2 aromatic carbocycles. The Bertz CT molecular complexity index is 958. The molecule has 29 heavy (non-hydrogen) atoms. The number of imide groups is 1. The van der Waals surface area contributed by atoms with E-state index in [2.05, 4.69) is 10.6 Å². The fourth-order valence-corrected chi connectivity index (χ4v) is 3.33. The number of aryl methyl sites for hydroxylation is 2. The Balaban J connectivity index is 0.00000300. The van der Waals surface area contributed by atoms with Gasteiger partial charge in [0, 0.05) is 18.2 Å². The SMILES string of the molecule is CCN[C@H](C)CNC(=O)c1ccc2c(c1)C(=O)N(c1cc(C)ccc1C)C2=O.Cl. The number of carbonyl (C=O) groups excluding carboxylic acids is 3. The lowest BCUT2D eigenvalue weighted by molar-refractivity contribution is 0.0923. The maximum atomic E-state index is 13.0. The largest absolute Gasteiger partial charge is 0.350 e. The molecule has 0 bridgehead atoms. The van der Waals surface area contributed by atoms with Gasteiger partial charge >= 0.3 is 0 Å².